The summed E-state index contributed by atoms with van der Waals surface area (Å²) in [6, 6.07) is 0. The summed E-state index contributed by atoms with van der Waals surface area (Å²) in [6.07, 6.45) is 3.23. The van der Waals surface area contributed by atoms with E-state index in [0.29, 0.717) is 5.57 Å². The Hall–Kier alpha value is -0.790. The topological polar surface area (TPSA) is 20.2 Å². The molecule has 1 unspecified atom stereocenters. The van der Waals surface area contributed by atoms with Gasteiger partial charge in [0.1, 0.15) is 11.4 Å². The fourth-order valence-electron chi connectivity index (χ4n) is 0.888. The number of aliphatic hydroxyl groups is 1. The van der Waals surface area contributed by atoms with Crippen LogP contribution in [0, 0.1) is 0 Å². The van der Waals surface area contributed by atoms with Gasteiger partial charge in [-0.1, -0.05) is 0 Å². The molecule has 0 bridgehead atoms. The molecule has 1 atom stereocenters. The van der Waals surface area contributed by atoms with E-state index >= 15 is 0 Å². The van der Waals surface area contributed by atoms with Crippen LogP contribution in [0.5, 0.6) is 0 Å². The Labute approximate surface area is 59.9 Å². The molecule has 10 heavy (non-hydrogen) atoms. The fraction of sp³-hybridized carbons (Fsp3) is 0.500. The minimum Gasteiger partial charge on any atom is -0.508 e. The van der Waals surface area contributed by atoms with Crippen LogP contribution < -0.4 is 0 Å². The van der Waals surface area contributed by atoms with Crippen molar-refractivity contribution in [2.24, 2.45) is 0 Å². The van der Waals surface area contributed by atoms with E-state index in [0.717, 1.165) is 0 Å². The van der Waals surface area contributed by atoms with Gasteiger partial charge in [0, 0.05) is 6.42 Å². The van der Waals surface area contributed by atoms with Gasteiger partial charge in [-0.15, -0.1) is 0 Å². The van der Waals surface area contributed by atoms with Crippen molar-refractivity contribution in [1.29, 1.82) is 0 Å². The van der Waals surface area contributed by atoms with E-state index in [1.54, 1.807) is 6.92 Å². The maximum Gasteiger partial charge on any atom is 0.133 e. The second-order valence-electron chi connectivity index (χ2n) is 2.86. The van der Waals surface area contributed by atoms with Crippen LogP contribution in [0.25, 0.3) is 0 Å². The van der Waals surface area contributed by atoms with Crippen molar-refractivity contribution in [3.63, 3.8) is 0 Å². The van der Waals surface area contributed by atoms with E-state index < -0.39 is 5.67 Å². The Balaban J connectivity index is 2.88. The summed E-state index contributed by atoms with van der Waals surface area (Å²) in [5.41, 5.74) is -0.667. The van der Waals surface area contributed by atoms with Crippen LogP contribution in [-0.4, -0.2) is 10.8 Å². The largest absolute Gasteiger partial charge is 0.508 e. The maximum atomic E-state index is 13.2. The molecule has 1 nitrogen and oxygen atoms in total. The van der Waals surface area contributed by atoms with Gasteiger partial charge in [-0.05, 0) is 31.6 Å². The van der Waals surface area contributed by atoms with E-state index in [9.17, 15) is 4.39 Å². The van der Waals surface area contributed by atoms with Crippen LogP contribution in [0.2, 0.25) is 0 Å². The fourth-order valence-corrected chi connectivity index (χ4v) is 0.888. The van der Waals surface area contributed by atoms with Gasteiger partial charge in [0.2, 0.25) is 0 Å². The zero-order valence-electron chi connectivity index (χ0n) is 6.19. The van der Waals surface area contributed by atoms with Gasteiger partial charge in [-0.3, -0.25) is 0 Å². The molecule has 0 fully saturated rings. The molecule has 1 rings (SSSR count). The molecule has 0 aromatic rings. The molecule has 0 spiro atoms. The third-order valence-electron chi connectivity index (χ3n) is 1.88. The second-order valence-corrected chi connectivity index (χ2v) is 2.86. The van der Waals surface area contributed by atoms with Gasteiger partial charge >= 0.3 is 0 Å². The first-order valence-electron chi connectivity index (χ1n) is 3.29. The number of hydrogen-bond donors (Lipinski definition) is 1. The number of allylic oxidation sites excluding steroid dienone is 3. The van der Waals surface area contributed by atoms with Gasteiger partial charge in [0.05, 0.1) is 0 Å². The standard InChI is InChI=1S/C8H11FO/c1-6-5-7(10)3-4-8(6,2)9/h3,5,10H,4H2,1-2H3. The molecule has 0 aliphatic heterocycles. The lowest BCUT2D eigenvalue weighted by atomic mass is 9.91. The molecule has 0 saturated heterocycles. The molecule has 1 N–H and O–H groups in total. The SMILES string of the molecule is CC1=CC(O)=CCC1(C)F. The molecule has 0 heterocycles. The summed E-state index contributed by atoms with van der Waals surface area (Å²) in [5, 5.41) is 8.93. The van der Waals surface area contributed by atoms with Gasteiger partial charge in [0.15, 0.2) is 0 Å². The van der Waals surface area contributed by atoms with E-state index in [1.807, 2.05) is 0 Å². The van der Waals surface area contributed by atoms with Crippen molar-refractivity contribution in [3.05, 3.63) is 23.5 Å². The van der Waals surface area contributed by atoms with Gasteiger partial charge in [-0.2, -0.15) is 0 Å². The van der Waals surface area contributed by atoms with Gasteiger partial charge in [-0.25, -0.2) is 4.39 Å². The van der Waals surface area contributed by atoms with E-state index in [1.165, 1.54) is 19.1 Å². The van der Waals surface area contributed by atoms with Crippen LogP contribution >= 0.6 is 0 Å². The number of alkyl halides is 1. The van der Waals surface area contributed by atoms with Crippen molar-refractivity contribution < 1.29 is 9.50 Å². The predicted octanol–water partition coefficient (Wildman–Crippen LogP) is 2.51. The zero-order chi connectivity index (χ0) is 7.78. The lowest BCUT2D eigenvalue weighted by Gasteiger charge is -2.22. The number of rotatable bonds is 0. The second kappa shape index (κ2) is 2.11. The normalized spacial score (nSPS) is 33.1. The molecule has 2 heteroatoms. The first-order chi connectivity index (χ1) is 4.52. The molecule has 1 aliphatic carbocycles. The minimum absolute atomic E-state index is 0.174. The molecule has 0 aromatic carbocycles. The molecule has 0 saturated carbocycles. The van der Waals surface area contributed by atoms with Crippen LogP contribution in [-0.2, 0) is 0 Å². The average molecular weight is 142 g/mol. The Bertz CT molecular complexity index is 201. The first-order valence-corrected chi connectivity index (χ1v) is 3.29. The molecule has 0 amide bonds. The average Bonchev–Trinajstić information content (AvgIpc) is 1.81. The van der Waals surface area contributed by atoms with Gasteiger partial charge in [0.25, 0.3) is 0 Å². The highest BCUT2D eigenvalue weighted by molar-refractivity contribution is 5.28. The van der Waals surface area contributed by atoms with E-state index in [-0.39, 0.29) is 12.2 Å². The number of hydrogen-bond acceptors (Lipinski definition) is 1. The summed E-state index contributed by atoms with van der Waals surface area (Å²) in [4.78, 5) is 0. The van der Waals surface area contributed by atoms with Crippen LogP contribution in [0.1, 0.15) is 20.3 Å². The van der Waals surface area contributed by atoms with Crippen LogP contribution in [0.4, 0.5) is 4.39 Å². The Morgan fingerprint density at radius 3 is 2.70 bits per heavy atom. The van der Waals surface area contributed by atoms with Crippen molar-refractivity contribution in [3.8, 4) is 0 Å². The molecule has 0 radical (unpaired) electrons. The molecular formula is C8H11FO. The minimum atomic E-state index is -1.26. The van der Waals surface area contributed by atoms with E-state index in [2.05, 4.69) is 0 Å². The van der Waals surface area contributed by atoms with Crippen molar-refractivity contribution >= 4 is 0 Å². The monoisotopic (exact) mass is 142 g/mol. The number of halogens is 1. The third kappa shape index (κ3) is 1.20. The zero-order valence-corrected chi connectivity index (χ0v) is 6.19. The summed E-state index contributed by atoms with van der Waals surface area (Å²) >= 11 is 0. The highest BCUT2D eigenvalue weighted by Gasteiger charge is 2.26. The summed E-state index contributed by atoms with van der Waals surface area (Å²) in [5.74, 6) is 0.174. The van der Waals surface area contributed by atoms with E-state index in [4.69, 9.17) is 5.11 Å². The molecular weight excluding hydrogens is 131 g/mol. The highest BCUT2D eigenvalue weighted by Crippen LogP contribution is 2.30. The quantitative estimate of drug-likeness (QED) is 0.551. The van der Waals surface area contributed by atoms with Crippen molar-refractivity contribution in [2.45, 2.75) is 25.9 Å². The summed E-state index contributed by atoms with van der Waals surface area (Å²) in [7, 11) is 0. The first kappa shape index (κ1) is 7.32. The Morgan fingerprint density at radius 1 is 1.70 bits per heavy atom. The molecule has 0 aromatic heterocycles. The lowest BCUT2D eigenvalue weighted by molar-refractivity contribution is 0.234. The van der Waals surface area contributed by atoms with Crippen molar-refractivity contribution in [1.82, 2.24) is 0 Å². The predicted molar refractivity (Wildman–Crippen MR) is 38.6 cm³/mol. The number of aliphatic hydroxyl groups excluding tert-OH is 1. The van der Waals surface area contributed by atoms with Crippen LogP contribution in [0.3, 0.4) is 0 Å². The maximum absolute atomic E-state index is 13.2. The molecule has 1 aliphatic rings. The molecule has 56 valence electrons. The third-order valence-corrected chi connectivity index (χ3v) is 1.88. The van der Waals surface area contributed by atoms with Crippen LogP contribution in [0.15, 0.2) is 23.5 Å². The smallest absolute Gasteiger partial charge is 0.133 e. The van der Waals surface area contributed by atoms with Gasteiger partial charge < -0.3 is 5.11 Å². The highest BCUT2D eigenvalue weighted by atomic mass is 19.1. The van der Waals surface area contributed by atoms with Crippen molar-refractivity contribution in [2.75, 3.05) is 0 Å². The summed E-state index contributed by atoms with van der Waals surface area (Å²) in [6.45, 7) is 3.20. The Kier molecular flexibility index (Phi) is 1.55. The Morgan fingerprint density at radius 2 is 2.30 bits per heavy atom. The lowest BCUT2D eigenvalue weighted by Crippen LogP contribution is -2.21. The summed E-state index contributed by atoms with van der Waals surface area (Å²) < 4.78 is 13.2.